The molecule has 12 heteroatoms. The van der Waals surface area contributed by atoms with E-state index in [2.05, 4.69) is 25.8 Å². The Bertz CT molecular complexity index is 1790. The lowest BCUT2D eigenvalue weighted by Crippen LogP contribution is -2.38. The number of carbonyl (C=O) groups excluding carboxylic acids is 1. The van der Waals surface area contributed by atoms with E-state index in [-0.39, 0.29) is 18.7 Å². The minimum atomic E-state index is -1.05. The summed E-state index contributed by atoms with van der Waals surface area (Å²) < 4.78 is 7.09. The first-order valence-electron chi connectivity index (χ1n) is 13.8. The fourth-order valence-corrected chi connectivity index (χ4v) is 5.07. The summed E-state index contributed by atoms with van der Waals surface area (Å²) >= 11 is 6.26. The molecule has 3 N–H and O–H groups in total. The standard InChI is InChI=1S/C31H29ClN6O5/c1-2-7-27-25(34-30(43-27)29(41)33-22(18-28(39)40)17-21-8-3-5-10-24(21)32)16-19-12-14-20(15-13-19)23-9-4-6-11-26(23)38-31(42)35-36-37-38/h3-6,8-15,22H,2,7,16-18H2,1H3,(H,33,41)(H,39,40)(H,35,37,42). The summed E-state index contributed by atoms with van der Waals surface area (Å²) in [7, 11) is 0. The highest BCUT2D eigenvalue weighted by molar-refractivity contribution is 6.31. The van der Waals surface area contributed by atoms with Crippen LogP contribution in [0.3, 0.4) is 0 Å². The highest BCUT2D eigenvalue weighted by Gasteiger charge is 2.24. The minimum Gasteiger partial charge on any atom is -0.481 e. The molecule has 0 saturated heterocycles. The summed E-state index contributed by atoms with van der Waals surface area (Å²) in [5.41, 5.74) is 4.17. The van der Waals surface area contributed by atoms with Gasteiger partial charge in [-0.3, -0.25) is 9.59 Å². The Morgan fingerprint density at radius 2 is 1.81 bits per heavy atom. The van der Waals surface area contributed by atoms with Crippen molar-refractivity contribution in [2.24, 2.45) is 0 Å². The summed E-state index contributed by atoms with van der Waals surface area (Å²) in [6.07, 6.45) is 1.76. The molecule has 0 bridgehead atoms. The Balaban J connectivity index is 1.34. The minimum absolute atomic E-state index is 0.114. The van der Waals surface area contributed by atoms with E-state index in [9.17, 15) is 19.5 Å². The molecule has 0 aliphatic heterocycles. The number of aromatic nitrogens is 5. The van der Waals surface area contributed by atoms with Gasteiger partial charge >= 0.3 is 17.6 Å². The topological polar surface area (TPSA) is 156 Å². The van der Waals surface area contributed by atoms with Crippen LogP contribution < -0.4 is 11.0 Å². The van der Waals surface area contributed by atoms with Crippen molar-refractivity contribution in [3.05, 3.63) is 117 Å². The van der Waals surface area contributed by atoms with Crippen molar-refractivity contribution in [2.45, 2.75) is 45.1 Å². The lowest BCUT2D eigenvalue weighted by atomic mass is 10.00. The molecule has 0 radical (unpaired) electrons. The zero-order valence-corrected chi connectivity index (χ0v) is 24.0. The third-order valence-corrected chi connectivity index (χ3v) is 7.24. The number of rotatable bonds is 12. The molecular formula is C31H29ClN6O5. The van der Waals surface area contributed by atoms with Gasteiger partial charge in [-0.05, 0) is 52.1 Å². The predicted octanol–water partition coefficient (Wildman–Crippen LogP) is 4.62. The number of aryl methyl sites for hydroxylation is 1. The van der Waals surface area contributed by atoms with Crippen molar-refractivity contribution >= 4 is 23.5 Å². The number of carbonyl (C=O) groups is 2. The molecule has 1 unspecified atom stereocenters. The van der Waals surface area contributed by atoms with Crippen LogP contribution in [0.1, 0.15) is 53.0 Å². The molecule has 3 aromatic carbocycles. The van der Waals surface area contributed by atoms with E-state index in [1.807, 2.05) is 55.5 Å². The molecule has 0 saturated carbocycles. The zero-order chi connectivity index (χ0) is 30.3. The molecule has 0 fully saturated rings. The van der Waals surface area contributed by atoms with Crippen LogP contribution in [0.25, 0.3) is 16.8 Å². The highest BCUT2D eigenvalue weighted by atomic mass is 35.5. The summed E-state index contributed by atoms with van der Waals surface area (Å²) in [5, 5.41) is 22.4. The summed E-state index contributed by atoms with van der Waals surface area (Å²) in [4.78, 5) is 41.3. The first-order chi connectivity index (χ1) is 20.8. The second-order valence-electron chi connectivity index (χ2n) is 10.0. The SMILES string of the molecule is CCCc1oc(C(=O)NC(CC(=O)O)Cc2ccccc2Cl)nc1Cc1ccc(-c2ccccc2-n2nn[nH]c2=O)cc1. The number of nitrogens with zero attached hydrogens (tertiary/aromatic N) is 4. The second kappa shape index (κ2) is 13.3. The maximum Gasteiger partial charge on any atom is 0.365 e. The van der Waals surface area contributed by atoms with Crippen LogP contribution >= 0.6 is 11.6 Å². The highest BCUT2D eigenvalue weighted by Crippen LogP contribution is 2.27. The zero-order valence-electron chi connectivity index (χ0n) is 23.3. The van der Waals surface area contributed by atoms with E-state index in [1.165, 1.54) is 4.68 Å². The second-order valence-corrected chi connectivity index (χ2v) is 10.4. The van der Waals surface area contributed by atoms with Crippen LogP contribution in [0.5, 0.6) is 0 Å². The van der Waals surface area contributed by atoms with Gasteiger partial charge < -0.3 is 14.8 Å². The van der Waals surface area contributed by atoms with Crippen LogP contribution in [0.2, 0.25) is 5.02 Å². The maximum atomic E-state index is 13.2. The quantitative estimate of drug-likeness (QED) is 0.187. The Labute approximate surface area is 251 Å². The lowest BCUT2D eigenvalue weighted by molar-refractivity contribution is -0.137. The Kier molecular flexibility index (Phi) is 9.11. The Hall–Kier alpha value is -5.03. The number of aliphatic carboxylic acids is 1. The molecule has 5 rings (SSSR count). The van der Waals surface area contributed by atoms with Crippen molar-refractivity contribution in [3.8, 4) is 16.8 Å². The number of hydrogen-bond donors (Lipinski definition) is 3. The fourth-order valence-electron chi connectivity index (χ4n) is 4.86. The molecule has 1 atom stereocenters. The van der Waals surface area contributed by atoms with Crippen LogP contribution in [0.4, 0.5) is 0 Å². The molecule has 2 heterocycles. The third kappa shape index (κ3) is 7.07. The van der Waals surface area contributed by atoms with Crippen molar-refractivity contribution in [1.82, 2.24) is 30.5 Å². The van der Waals surface area contributed by atoms with Crippen molar-refractivity contribution < 1.29 is 19.1 Å². The third-order valence-electron chi connectivity index (χ3n) is 6.87. The van der Waals surface area contributed by atoms with Gasteiger partial charge in [0.25, 0.3) is 5.89 Å². The van der Waals surface area contributed by atoms with Gasteiger partial charge in [-0.2, -0.15) is 4.68 Å². The number of halogens is 1. The molecule has 1 amide bonds. The first-order valence-corrected chi connectivity index (χ1v) is 14.1. The van der Waals surface area contributed by atoms with E-state index < -0.39 is 23.6 Å². The van der Waals surface area contributed by atoms with Gasteiger partial charge in [0.15, 0.2) is 0 Å². The van der Waals surface area contributed by atoms with Crippen LogP contribution in [-0.4, -0.2) is 48.2 Å². The van der Waals surface area contributed by atoms with E-state index >= 15 is 0 Å². The average Bonchev–Trinajstić information content (AvgIpc) is 3.60. The fraction of sp³-hybridized carbons (Fsp3) is 0.226. The number of para-hydroxylation sites is 1. The number of aromatic amines is 1. The van der Waals surface area contributed by atoms with Crippen LogP contribution in [0, 0.1) is 0 Å². The number of carboxylic acids is 1. The van der Waals surface area contributed by atoms with Gasteiger partial charge in [0.2, 0.25) is 0 Å². The molecular weight excluding hydrogens is 572 g/mol. The van der Waals surface area contributed by atoms with Gasteiger partial charge in [0, 0.05) is 29.5 Å². The molecule has 43 heavy (non-hydrogen) atoms. The number of benzene rings is 3. The molecule has 0 aliphatic rings. The van der Waals surface area contributed by atoms with Gasteiger partial charge in [0.1, 0.15) is 5.76 Å². The number of amides is 1. The summed E-state index contributed by atoms with van der Waals surface area (Å²) in [5.74, 6) is -1.14. The van der Waals surface area contributed by atoms with Gasteiger partial charge in [0.05, 0.1) is 17.8 Å². The number of carboxylic acid groups (broad SMARTS) is 1. The monoisotopic (exact) mass is 600 g/mol. The molecule has 0 spiro atoms. The average molecular weight is 601 g/mol. The summed E-state index contributed by atoms with van der Waals surface area (Å²) in [6, 6.07) is 21.6. The van der Waals surface area contributed by atoms with E-state index in [0.717, 1.165) is 28.7 Å². The van der Waals surface area contributed by atoms with Gasteiger partial charge in [-0.15, -0.1) is 0 Å². The largest absolute Gasteiger partial charge is 0.481 e. The van der Waals surface area contributed by atoms with Crippen molar-refractivity contribution in [2.75, 3.05) is 0 Å². The number of oxazole rings is 1. The van der Waals surface area contributed by atoms with Gasteiger partial charge in [-0.25, -0.2) is 14.9 Å². The van der Waals surface area contributed by atoms with Crippen molar-refractivity contribution in [1.29, 1.82) is 0 Å². The van der Waals surface area contributed by atoms with Crippen LogP contribution in [-0.2, 0) is 24.1 Å². The van der Waals surface area contributed by atoms with Gasteiger partial charge in [-0.1, -0.05) is 79.2 Å². The van der Waals surface area contributed by atoms with Crippen LogP contribution in [0.15, 0.2) is 82.0 Å². The predicted molar refractivity (Wildman–Crippen MR) is 159 cm³/mol. The number of H-pyrrole nitrogens is 1. The van der Waals surface area contributed by atoms with E-state index in [4.69, 9.17) is 16.0 Å². The van der Waals surface area contributed by atoms with Crippen molar-refractivity contribution in [3.63, 3.8) is 0 Å². The molecule has 220 valence electrons. The molecule has 5 aromatic rings. The Morgan fingerprint density at radius 3 is 2.51 bits per heavy atom. The summed E-state index contributed by atoms with van der Waals surface area (Å²) in [6.45, 7) is 2.00. The Morgan fingerprint density at radius 1 is 1.07 bits per heavy atom. The normalized spacial score (nSPS) is 11.8. The molecule has 0 aliphatic carbocycles. The number of hydrogen-bond acceptors (Lipinski definition) is 7. The number of nitrogens with one attached hydrogen (secondary N) is 2. The lowest BCUT2D eigenvalue weighted by Gasteiger charge is -2.16. The first kappa shape index (κ1) is 29.5. The maximum absolute atomic E-state index is 13.2. The number of tetrazole rings is 1. The van der Waals surface area contributed by atoms with E-state index in [1.54, 1.807) is 24.3 Å². The smallest absolute Gasteiger partial charge is 0.365 e. The van der Waals surface area contributed by atoms with E-state index in [0.29, 0.717) is 35.0 Å². The molecule has 2 aromatic heterocycles. The molecule has 11 nitrogen and oxygen atoms in total.